The van der Waals surface area contributed by atoms with Crippen LogP contribution in [0, 0.1) is 5.92 Å². The van der Waals surface area contributed by atoms with Crippen molar-refractivity contribution < 1.29 is 9.59 Å². The zero-order chi connectivity index (χ0) is 15.9. The van der Waals surface area contributed by atoms with Gasteiger partial charge in [-0.25, -0.2) is 4.79 Å². The summed E-state index contributed by atoms with van der Waals surface area (Å²) < 4.78 is 0. The molecule has 1 saturated heterocycles. The molecule has 0 unspecified atom stereocenters. The van der Waals surface area contributed by atoms with Crippen molar-refractivity contribution >= 4 is 30.0 Å². The number of carbonyl (C=O) groups is 2. The van der Waals surface area contributed by atoms with Crippen molar-refractivity contribution in [2.45, 2.75) is 19.8 Å². The van der Waals surface area contributed by atoms with Gasteiger partial charge in [-0.15, -0.1) is 12.4 Å². The van der Waals surface area contributed by atoms with Gasteiger partial charge in [0.1, 0.15) is 0 Å². The van der Waals surface area contributed by atoms with Gasteiger partial charge < -0.3 is 21.3 Å². The number of benzene rings is 1. The van der Waals surface area contributed by atoms with Crippen LogP contribution in [0.4, 0.5) is 10.5 Å². The molecule has 6 nitrogen and oxygen atoms in total. The van der Waals surface area contributed by atoms with E-state index >= 15 is 0 Å². The maximum absolute atomic E-state index is 12.5. The van der Waals surface area contributed by atoms with E-state index in [-0.39, 0.29) is 18.3 Å². The van der Waals surface area contributed by atoms with Gasteiger partial charge in [0.05, 0.1) is 0 Å². The number of anilines is 1. The van der Waals surface area contributed by atoms with Gasteiger partial charge >= 0.3 is 6.03 Å². The molecule has 0 aliphatic carbocycles. The second kappa shape index (κ2) is 9.37. The van der Waals surface area contributed by atoms with E-state index in [1.165, 1.54) is 0 Å². The predicted octanol–water partition coefficient (Wildman–Crippen LogP) is 2.06. The van der Waals surface area contributed by atoms with E-state index in [9.17, 15) is 9.59 Å². The Morgan fingerprint density at radius 2 is 1.83 bits per heavy atom. The number of nitrogens with one attached hydrogen (secondary N) is 2. The van der Waals surface area contributed by atoms with Crippen LogP contribution in [-0.4, -0.2) is 43.0 Å². The van der Waals surface area contributed by atoms with Crippen LogP contribution in [0.5, 0.6) is 0 Å². The number of primary amides is 1. The van der Waals surface area contributed by atoms with Crippen molar-refractivity contribution in [3.05, 3.63) is 29.8 Å². The van der Waals surface area contributed by atoms with E-state index in [2.05, 4.69) is 17.6 Å². The molecule has 0 aromatic heterocycles. The zero-order valence-corrected chi connectivity index (χ0v) is 14.2. The van der Waals surface area contributed by atoms with Crippen LogP contribution in [0.3, 0.4) is 0 Å². The van der Waals surface area contributed by atoms with E-state index in [0.29, 0.717) is 17.2 Å². The molecular weight excluding hydrogens is 316 g/mol. The summed E-state index contributed by atoms with van der Waals surface area (Å²) in [4.78, 5) is 25.1. The Morgan fingerprint density at radius 1 is 1.22 bits per heavy atom. The molecule has 0 saturated carbocycles. The number of halogens is 1. The first-order chi connectivity index (χ1) is 10.6. The number of rotatable bonds is 5. The first kappa shape index (κ1) is 19.3. The highest BCUT2D eigenvalue weighted by Gasteiger charge is 2.23. The monoisotopic (exact) mass is 340 g/mol. The molecule has 2 rings (SSSR count). The lowest BCUT2D eigenvalue weighted by Gasteiger charge is -2.32. The van der Waals surface area contributed by atoms with Gasteiger partial charge in [0.15, 0.2) is 0 Å². The molecule has 1 aromatic carbocycles. The molecule has 1 aliphatic rings. The van der Waals surface area contributed by atoms with Gasteiger partial charge in [-0.3, -0.25) is 4.79 Å². The third-order valence-electron chi connectivity index (χ3n) is 3.98. The van der Waals surface area contributed by atoms with E-state index in [4.69, 9.17) is 5.73 Å². The molecule has 128 valence electrons. The van der Waals surface area contributed by atoms with Gasteiger partial charge in [0, 0.05) is 24.3 Å². The molecular formula is C16H25ClN4O2. The SMILES string of the molecule is CCNCC1CCN(C(=O)c2ccc(NC(N)=O)cc2)CC1.Cl. The molecule has 0 radical (unpaired) electrons. The zero-order valence-electron chi connectivity index (χ0n) is 13.4. The highest BCUT2D eigenvalue weighted by atomic mass is 35.5. The maximum Gasteiger partial charge on any atom is 0.316 e. The molecule has 7 heteroatoms. The van der Waals surface area contributed by atoms with Crippen LogP contribution in [0.2, 0.25) is 0 Å². The third-order valence-corrected chi connectivity index (χ3v) is 3.98. The number of piperidine rings is 1. The van der Waals surface area contributed by atoms with E-state index < -0.39 is 6.03 Å². The summed E-state index contributed by atoms with van der Waals surface area (Å²) in [5, 5.41) is 5.85. The van der Waals surface area contributed by atoms with Crippen LogP contribution < -0.4 is 16.4 Å². The molecule has 0 bridgehead atoms. The predicted molar refractivity (Wildman–Crippen MR) is 94.1 cm³/mol. The maximum atomic E-state index is 12.5. The summed E-state index contributed by atoms with van der Waals surface area (Å²) in [7, 11) is 0. The average molecular weight is 341 g/mol. The number of hydrogen-bond acceptors (Lipinski definition) is 3. The fraction of sp³-hybridized carbons (Fsp3) is 0.500. The summed E-state index contributed by atoms with van der Waals surface area (Å²) in [6, 6.07) is 6.21. The van der Waals surface area contributed by atoms with Crippen LogP contribution in [0.25, 0.3) is 0 Å². The van der Waals surface area contributed by atoms with Gasteiger partial charge in [0.2, 0.25) is 0 Å². The molecule has 1 aromatic rings. The Kier molecular flexibility index (Phi) is 7.85. The minimum atomic E-state index is -0.609. The number of nitrogens with two attached hydrogens (primary N) is 1. The lowest BCUT2D eigenvalue weighted by atomic mass is 9.96. The molecule has 1 heterocycles. The Bertz CT molecular complexity index is 513. The quantitative estimate of drug-likeness (QED) is 0.766. The third kappa shape index (κ3) is 5.73. The van der Waals surface area contributed by atoms with Crippen LogP contribution in [0.15, 0.2) is 24.3 Å². The summed E-state index contributed by atoms with van der Waals surface area (Å²) in [6.45, 7) is 5.73. The van der Waals surface area contributed by atoms with Crippen molar-refractivity contribution in [2.75, 3.05) is 31.5 Å². The van der Waals surface area contributed by atoms with E-state index in [1.54, 1.807) is 24.3 Å². The Labute approximate surface area is 143 Å². The Balaban J connectivity index is 0.00000264. The molecule has 0 atom stereocenters. The van der Waals surface area contributed by atoms with Gasteiger partial charge in [-0.2, -0.15) is 0 Å². The summed E-state index contributed by atoms with van der Waals surface area (Å²) in [5.74, 6) is 0.707. The van der Waals surface area contributed by atoms with E-state index in [0.717, 1.165) is 39.0 Å². The highest BCUT2D eigenvalue weighted by Crippen LogP contribution is 2.19. The van der Waals surface area contributed by atoms with Crippen molar-refractivity contribution in [1.29, 1.82) is 0 Å². The number of carbonyl (C=O) groups excluding carboxylic acids is 2. The van der Waals surface area contributed by atoms with Gasteiger partial charge in [-0.1, -0.05) is 6.92 Å². The normalized spacial score (nSPS) is 14.9. The second-order valence-electron chi connectivity index (χ2n) is 5.61. The molecule has 3 amide bonds. The number of urea groups is 1. The molecule has 23 heavy (non-hydrogen) atoms. The van der Waals surface area contributed by atoms with Crippen LogP contribution >= 0.6 is 12.4 Å². The largest absolute Gasteiger partial charge is 0.351 e. The minimum absolute atomic E-state index is 0. The topological polar surface area (TPSA) is 87.5 Å². The number of nitrogens with zero attached hydrogens (tertiary/aromatic N) is 1. The standard InChI is InChI=1S/C16H24N4O2.ClH/c1-2-18-11-12-7-9-20(10-8-12)15(21)13-3-5-14(6-4-13)19-16(17)22;/h3-6,12,18H,2,7-11H2,1H3,(H3,17,19,22);1H. The number of hydrogen-bond donors (Lipinski definition) is 3. The lowest BCUT2D eigenvalue weighted by molar-refractivity contribution is 0.0690. The highest BCUT2D eigenvalue weighted by molar-refractivity contribution is 5.95. The van der Waals surface area contributed by atoms with Crippen LogP contribution in [-0.2, 0) is 0 Å². The number of amides is 3. The van der Waals surface area contributed by atoms with E-state index in [1.807, 2.05) is 4.90 Å². The fourth-order valence-corrected chi connectivity index (χ4v) is 2.71. The Morgan fingerprint density at radius 3 is 2.35 bits per heavy atom. The van der Waals surface area contributed by atoms with Crippen molar-refractivity contribution in [2.24, 2.45) is 11.7 Å². The van der Waals surface area contributed by atoms with Gasteiger partial charge in [-0.05, 0) is 56.1 Å². The average Bonchev–Trinajstić information content (AvgIpc) is 2.53. The molecule has 1 fully saturated rings. The van der Waals surface area contributed by atoms with Crippen molar-refractivity contribution in [3.8, 4) is 0 Å². The van der Waals surface area contributed by atoms with Crippen LogP contribution in [0.1, 0.15) is 30.1 Å². The Hall–Kier alpha value is -1.79. The summed E-state index contributed by atoms with van der Waals surface area (Å²) in [5.41, 5.74) is 6.29. The fourth-order valence-electron chi connectivity index (χ4n) is 2.71. The first-order valence-electron chi connectivity index (χ1n) is 7.76. The first-order valence-corrected chi connectivity index (χ1v) is 7.76. The molecule has 4 N–H and O–H groups in total. The number of likely N-dealkylation sites (tertiary alicyclic amines) is 1. The molecule has 0 spiro atoms. The summed E-state index contributed by atoms with van der Waals surface area (Å²) >= 11 is 0. The van der Waals surface area contributed by atoms with Crippen molar-refractivity contribution in [1.82, 2.24) is 10.2 Å². The second-order valence-corrected chi connectivity index (χ2v) is 5.61. The summed E-state index contributed by atoms with van der Waals surface area (Å²) in [6.07, 6.45) is 2.08. The lowest BCUT2D eigenvalue weighted by Crippen LogP contribution is -2.40. The molecule has 1 aliphatic heterocycles. The van der Waals surface area contributed by atoms with Crippen molar-refractivity contribution in [3.63, 3.8) is 0 Å². The van der Waals surface area contributed by atoms with Gasteiger partial charge in [0.25, 0.3) is 5.91 Å². The smallest absolute Gasteiger partial charge is 0.316 e. The minimum Gasteiger partial charge on any atom is -0.351 e.